The number of pyridine rings is 1. The molecule has 2 rings (SSSR count). The number of nitrogens with zero attached hydrogens (tertiary/aromatic N) is 2. The van der Waals surface area contributed by atoms with Crippen LogP contribution < -0.4 is 5.73 Å². The summed E-state index contributed by atoms with van der Waals surface area (Å²) in [5, 5.41) is 0. The first-order chi connectivity index (χ1) is 8.65. The fourth-order valence-corrected chi connectivity index (χ4v) is 3.10. The van der Waals surface area contributed by atoms with Crippen molar-refractivity contribution in [2.24, 2.45) is 5.73 Å². The molecule has 1 saturated heterocycles. The summed E-state index contributed by atoms with van der Waals surface area (Å²) in [6.07, 6.45) is 1.98. The second-order valence-electron chi connectivity index (χ2n) is 4.49. The highest BCUT2D eigenvalue weighted by atomic mass is 32.2. The second-order valence-corrected chi connectivity index (χ2v) is 6.18. The van der Waals surface area contributed by atoms with E-state index in [4.69, 9.17) is 5.73 Å². The van der Waals surface area contributed by atoms with Gasteiger partial charge in [0.25, 0.3) is 0 Å². The molecule has 0 amide bonds. The lowest BCUT2D eigenvalue weighted by Gasteiger charge is -2.27. The molecule has 1 aromatic heterocycles. The van der Waals surface area contributed by atoms with Crippen LogP contribution in [0.3, 0.4) is 0 Å². The van der Waals surface area contributed by atoms with E-state index in [0.717, 1.165) is 43.3 Å². The highest BCUT2D eigenvalue weighted by Gasteiger charge is 2.16. The summed E-state index contributed by atoms with van der Waals surface area (Å²) in [6, 6.07) is 2.84. The van der Waals surface area contributed by atoms with Gasteiger partial charge >= 0.3 is 0 Å². The molecular weight excluding hydrogens is 253 g/mol. The van der Waals surface area contributed by atoms with Crippen molar-refractivity contribution in [3.8, 4) is 0 Å². The van der Waals surface area contributed by atoms with Gasteiger partial charge in [-0.2, -0.15) is 0 Å². The number of aromatic nitrogens is 1. The summed E-state index contributed by atoms with van der Waals surface area (Å²) in [6.45, 7) is 2.61. The fourth-order valence-electron chi connectivity index (χ4n) is 1.98. The molecule has 0 radical (unpaired) electrons. The van der Waals surface area contributed by atoms with Crippen LogP contribution in [0.5, 0.6) is 0 Å². The average molecular weight is 271 g/mol. The van der Waals surface area contributed by atoms with Crippen LogP contribution in [-0.2, 0) is 10.8 Å². The molecule has 1 aliphatic rings. The van der Waals surface area contributed by atoms with Crippen molar-refractivity contribution in [2.45, 2.75) is 12.5 Å². The third-order valence-corrected chi connectivity index (χ3v) is 4.43. The van der Waals surface area contributed by atoms with Gasteiger partial charge in [-0.05, 0) is 18.6 Å². The number of rotatable bonds is 4. The molecule has 1 aliphatic heterocycles. The van der Waals surface area contributed by atoms with Gasteiger partial charge in [0.1, 0.15) is 5.82 Å². The minimum atomic E-state index is -0.641. The minimum absolute atomic E-state index is 0.168. The Morgan fingerprint density at radius 3 is 2.78 bits per heavy atom. The van der Waals surface area contributed by atoms with Gasteiger partial charge in [0.15, 0.2) is 0 Å². The van der Waals surface area contributed by atoms with Gasteiger partial charge in [-0.25, -0.2) is 4.39 Å². The average Bonchev–Trinajstić information content (AvgIpc) is 2.38. The number of halogens is 1. The Morgan fingerprint density at radius 1 is 1.44 bits per heavy atom. The summed E-state index contributed by atoms with van der Waals surface area (Å²) >= 11 is 0. The molecule has 1 unspecified atom stereocenters. The lowest BCUT2D eigenvalue weighted by atomic mass is 10.1. The standard InChI is InChI=1S/C12H18FN3OS/c13-10-1-2-12(15-9-10)11(14)3-4-16-5-7-18(17)8-6-16/h1-2,9,11H,3-8,14H2. The summed E-state index contributed by atoms with van der Waals surface area (Å²) in [7, 11) is -0.641. The first-order valence-corrected chi connectivity index (χ1v) is 7.58. The smallest absolute Gasteiger partial charge is 0.141 e. The SMILES string of the molecule is NC(CCN1CCS(=O)CC1)c1ccc(F)cn1. The quantitative estimate of drug-likeness (QED) is 0.874. The molecule has 0 saturated carbocycles. The van der Waals surface area contributed by atoms with Gasteiger partial charge in [0.05, 0.1) is 11.9 Å². The van der Waals surface area contributed by atoms with E-state index in [1.165, 1.54) is 12.3 Å². The minimum Gasteiger partial charge on any atom is -0.323 e. The predicted octanol–water partition coefficient (Wildman–Crippen LogP) is 0.675. The van der Waals surface area contributed by atoms with Gasteiger partial charge in [0.2, 0.25) is 0 Å². The van der Waals surface area contributed by atoms with E-state index in [1.807, 2.05) is 0 Å². The normalized spacial score (nSPS) is 19.9. The Balaban J connectivity index is 1.79. The van der Waals surface area contributed by atoms with Crippen LogP contribution in [0.15, 0.2) is 18.3 Å². The molecule has 6 heteroatoms. The van der Waals surface area contributed by atoms with Crippen molar-refractivity contribution in [3.63, 3.8) is 0 Å². The van der Waals surface area contributed by atoms with Crippen molar-refractivity contribution in [1.29, 1.82) is 0 Å². The summed E-state index contributed by atoms with van der Waals surface area (Å²) in [4.78, 5) is 6.26. The van der Waals surface area contributed by atoms with Crippen LogP contribution in [0, 0.1) is 5.82 Å². The maximum Gasteiger partial charge on any atom is 0.141 e. The van der Waals surface area contributed by atoms with E-state index in [0.29, 0.717) is 0 Å². The first kappa shape index (κ1) is 13.6. The molecule has 0 aliphatic carbocycles. The second kappa shape index (κ2) is 6.36. The molecule has 2 N–H and O–H groups in total. The van der Waals surface area contributed by atoms with E-state index in [9.17, 15) is 8.60 Å². The van der Waals surface area contributed by atoms with Crippen LogP contribution in [0.25, 0.3) is 0 Å². The molecule has 1 fully saturated rings. The van der Waals surface area contributed by atoms with Crippen molar-refractivity contribution in [1.82, 2.24) is 9.88 Å². The molecule has 4 nitrogen and oxygen atoms in total. The number of hydrogen-bond acceptors (Lipinski definition) is 4. The molecule has 18 heavy (non-hydrogen) atoms. The van der Waals surface area contributed by atoms with Gasteiger partial charge in [0, 0.05) is 48.0 Å². The third kappa shape index (κ3) is 3.83. The van der Waals surface area contributed by atoms with Crippen LogP contribution in [-0.4, -0.2) is 45.2 Å². The largest absolute Gasteiger partial charge is 0.323 e. The topological polar surface area (TPSA) is 59.2 Å². The highest BCUT2D eigenvalue weighted by molar-refractivity contribution is 7.85. The van der Waals surface area contributed by atoms with E-state index in [-0.39, 0.29) is 11.9 Å². The first-order valence-electron chi connectivity index (χ1n) is 6.09. The Hall–Kier alpha value is -0.850. The summed E-state index contributed by atoms with van der Waals surface area (Å²) in [5.74, 6) is 1.16. The van der Waals surface area contributed by atoms with Crippen LogP contribution in [0.2, 0.25) is 0 Å². The molecular formula is C12H18FN3OS. The van der Waals surface area contributed by atoms with Gasteiger partial charge in [-0.1, -0.05) is 0 Å². The molecule has 2 heterocycles. The molecule has 0 spiro atoms. The van der Waals surface area contributed by atoms with Crippen molar-refractivity contribution in [3.05, 3.63) is 29.8 Å². The maximum absolute atomic E-state index is 12.7. The Morgan fingerprint density at radius 2 is 2.17 bits per heavy atom. The molecule has 100 valence electrons. The summed E-state index contributed by atoms with van der Waals surface area (Å²) in [5.41, 5.74) is 6.74. The molecule has 0 bridgehead atoms. The van der Waals surface area contributed by atoms with E-state index in [1.54, 1.807) is 6.07 Å². The van der Waals surface area contributed by atoms with Crippen LogP contribution >= 0.6 is 0 Å². The van der Waals surface area contributed by atoms with Crippen molar-refractivity contribution in [2.75, 3.05) is 31.1 Å². The van der Waals surface area contributed by atoms with E-state index < -0.39 is 10.8 Å². The zero-order chi connectivity index (χ0) is 13.0. The number of hydrogen-bond donors (Lipinski definition) is 1. The highest BCUT2D eigenvalue weighted by Crippen LogP contribution is 2.13. The van der Waals surface area contributed by atoms with E-state index in [2.05, 4.69) is 9.88 Å². The monoisotopic (exact) mass is 271 g/mol. The summed E-state index contributed by atoms with van der Waals surface area (Å²) < 4.78 is 23.9. The van der Waals surface area contributed by atoms with Gasteiger partial charge in [-0.3, -0.25) is 9.19 Å². The number of nitrogens with two attached hydrogens (primary N) is 1. The Bertz CT molecular complexity index is 402. The molecule has 1 atom stereocenters. The van der Waals surface area contributed by atoms with Gasteiger partial charge in [-0.15, -0.1) is 0 Å². The van der Waals surface area contributed by atoms with Crippen molar-refractivity contribution >= 4 is 10.8 Å². The van der Waals surface area contributed by atoms with Crippen LogP contribution in [0.4, 0.5) is 4.39 Å². The van der Waals surface area contributed by atoms with E-state index >= 15 is 0 Å². The Kier molecular flexibility index (Phi) is 4.79. The lowest BCUT2D eigenvalue weighted by Crippen LogP contribution is -2.39. The Labute approximate surface area is 109 Å². The lowest BCUT2D eigenvalue weighted by molar-refractivity contribution is 0.286. The van der Waals surface area contributed by atoms with Crippen LogP contribution in [0.1, 0.15) is 18.2 Å². The molecule has 0 aromatic carbocycles. The fraction of sp³-hybridized carbons (Fsp3) is 0.583. The van der Waals surface area contributed by atoms with Crippen molar-refractivity contribution < 1.29 is 8.60 Å². The predicted molar refractivity (Wildman–Crippen MR) is 70.1 cm³/mol. The third-order valence-electron chi connectivity index (χ3n) is 3.16. The van der Waals surface area contributed by atoms with Gasteiger partial charge < -0.3 is 10.6 Å². The zero-order valence-electron chi connectivity index (χ0n) is 10.2. The maximum atomic E-state index is 12.7. The zero-order valence-corrected chi connectivity index (χ0v) is 11.0. The molecule has 1 aromatic rings.